The second kappa shape index (κ2) is 6.93. The molecular formula is C12H25N3O2. The highest BCUT2D eigenvalue weighted by molar-refractivity contribution is 5.72. The largest absolute Gasteiger partial charge is 0.480 e. The van der Waals surface area contributed by atoms with Crippen molar-refractivity contribution in [1.29, 1.82) is 0 Å². The quantitative estimate of drug-likeness (QED) is 0.668. The number of carbonyl (C=O) groups is 1. The van der Waals surface area contributed by atoms with Crippen molar-refractivity contribution in [2.45, 2.75) is 38.8 Å². The van der Waals surface area contributed by atoms with Crippen LogP contribution >= 0.6 is 0 Å². The van der Waals surface area contributed by atoms with Crippen molar-refractivity contribution in [3.8, 4) is 0 Å². The summed E-state index contributed by atoms with van der Waals surface area (Å²) in [6, 6.07) is -0.0893. The van der Waals surface area contributed by atoms with E-state index in [4.69, 9.17) is 10.8 Å². The Labute approximate surface area is 104 Å². The fourth-order valence-electron chi connectivity index (χ4n) is 2.50. The Kier molecular flexibility index (Phi) is 5.88. The maximum absolute atomic E-state index is 10.6. The Morgan fingerprint density at radius 1 is 1.53 bits per heavy atom. The van der Waals surface area contributed by atoms with Gasteiger partial charge in [0.2, 0.25) is 0 Å². The van der Waals surface area contributed by atoms with Gasteiger partial charge in [0.05, 0.1) is 0 Å². The van der Waals surface area contributed by atoms with Crippen molar-refractivity contribution in [3.05, 3.63) is 0 Å². The normalized spacial score (nSPS) is 23.2. The van der Waals surface area contributed by atoms with Gasteiger partial charge < -0.3 is 15.7 Å². The third kappa shape index (κ3) is 4.26. The third-order valence-electron chi connectivity index (χ3n) is 3.65. The molecule has 1 rings (SSSR count). The van der Waals surface area contributed by atoms with E-state index >= 15 is 0 Å². The number of likely N-dealkylation sites (N-methyl/N-ethyl adjacent to an activating group) is 1. The lowest BCUT2D eigenvalue weighted by Gasteiger charge is -2.26. The van der Waals surface area contributed by atoms with E-state index in [0.717, 1.165) is 32.7 Å². The topological polar surface area (TPSA) is 69.8 Å². The van der Waals surface area contributed by atoms with Gasteiger partial charge in [-0.05, 0) is 32.5 Å². The van der Waals surface area contributed by atoms with Gasteiger partial charge in [0.1, 0.15) is 6.04 Å². The highest BCUT2D eigenvalue weighted by Crippen LogP contribution is 2.15. The maximum Gasteiger partial charge on any atom is 0.320 e. The van der Waals surface area contributed by atoms with E-state index in [1.165, 1.54) is 6.42 Å². The van der Waals surface area contributed by atoms with Crippen molar-refractivity contribution in [3.63, 3.8) is 0 Å². The van der Waals surface area contributed by atoms with Gasteiger partial charge >= 0.3 is 5.97 Å². The van der Waals surface area contributed by atoms with E-state index in [1.807, 2.05) is 0 Å². The van der Waals surface area contributed by atoms with Gasteiger partial charge in [-0.2, -0.15) is 0 Å². The molecule has 1 aliphatic rings. The highest BCUT2D eigenvalue weighted by Gasteiger charge is 2.26. The van der Waals surface area contributed by atoms with Crippen LogP contribution in [0.4, 0.5) is 0 Å². The molecule has 0 saturated carbocycles. The Morgan fingerprint density at radius 2 is 2.18 bits per heavy atom. The van der Waals surface area contributed by atoms with Crippen LogP contribution in [0.2, 0.25) is 0 Å². The molecular weight excluding hydrogens is 218 g/mol. The lowest BCUT2D eigenvalue weighted by Crippen LogP contribution is -2.39. The minimum Gasteiger partial charge on any atom is -0.480 e. The molecule has 0 radical (unpaired) electrons. The SMILES string of the molecule is CCN(CC)C1CCN(CCC(N)C(=O)O)C1. The summed E-state index contributed by atoms with van der Waals surface area (Å²) in [6.07, 6.45) is 1.73. The number of carboxylic acids is 1. The minimum absolute atomic E-state index is 0.542. The average Bonchev–Trinajstić information content (AvgIpc) is 2.76. The Morgan fingerprint density at radius 3 is 2.71 bits per heavy atom. The second-order valence-corrected chi connectivity index (χ2v) is 4.70. The zero-order chi connectivity index (χ0) is 12.8. The molecule has 1 fully saturated rings. The predicted molar refractivity (Wildman–Crippen MR) is 68.0 cm³/mol. The summed E-state index contributed by atoms with van der Waals surface area (Å²) < 4.78 is 0. The van der Waals surface area contributed by atoms with E-state index in [2.05, 4.69) is 23.6 Å². The van der Waals surface area contributed by atoms with E-state index in [1.54, 1.807) is 0 Å². The summed E-state index contributed by atoms with van der Waals surface area (Å²) in [6.45, 7) is 9.46. The van der Waals surface area contributed by atoms with Crippen LogP contribution in [0.3, 0.4) is 0 Å². The number of nitrogens with zero attached hydrogens (tertiary/aromatic N) is 2. The van der Waals surface area contributed by atoms with E-state index < -0.39 is 12.0 Å². The molecule has 1 saturated heterocycles. The lowest BCUT2D eigenvalue weighted by molar-refractivity contribution is -0.138. The van der Waals surface area contributed by atoms with Gasteiger partial charge in [-0.25, -0.2) is 0 Å². The first-order valence-corrected chi connectivity index (χ1v) is 6.53. The van der Waals surface area contributed by atoms with Gasteiger partial charge in [0.15, 0.2) is 0 Å². The second-order valence-electron chi connectivity index (χ2n) is 4.70. The standard InChI is InChI=1S/C12H25N3O2/c1-3-15(4-2)10-5-7-14(9-10)8-6-11(13)12(16)17/h10-11H,3-9,13H2,1-2H3,(H,16,17). The van der Waals surface area contributed by atoms with Crippen LogP contribution < -0.4 is 5.73 Å². The molecule has 5 heteroatoms. The van der Waals surface area contributed by atoms with Crippen LogP contribution in [0, 0.1) is 0 Å². The van der Waals surface area contributed by atoms with Gasteiger partial charge in [0.25, 0.3) is 0 Å². The number of hydrogen-bond donors (Lipinski definition) is 2. The van der Waals surface area contributed by atoms with Gasteiger partial charge in [-0.3, -0.25) is 9.69 Å². The van der Waals surface area contributed by atoms with Crippen molar-refractivity contribution in [2.75, 3.05) is 32.7 Å². The first-order valence-electron chi connectivity index (χ1n) is 6.53. The maximum atomic E-state index is 10.6. The third-order valence-corrected chi connectivity index (χ3v) is 3.65. The number of hydrogen-bond acceptors (Lipinski definition) is 4. The number of nitrogens with two attached hydrogens (primary N) is 1. The van der Waals surface area contributed by atoms with Crippen LogP contribution in [0.15, 0.2) is 0 Å². The van der Waals surface area contributed by atoms with Crippen LogP contribution in [0.1, 0.15) is 26.7 Å². The molecule has 2 unspecified atom stereocenters. The summed E-state index contributed by atoms with van der Waals surface area (Å²) >= 11 is 0. The fourth-order valence-corrected chi connectivity index (χ4v) is 2.50. The zero-order valence-electron chi connectivity index (χ0n) is 10.9. The van der Waals surface area contributed by atoms with E-state index in [9.17, 15) is 4.79 Å². The number of rotatable bonds is 7. The molecule has 0 aromatic carbocycles. The number of aliphatic carboxylic acids is 1. The summed E-state index contributed by atoms with van der Waals surface area (Å²) in [4.78, 5) is 15.4. The summed E-state index contributed by atoms with van der Waals surface area (Å²) in [5.41, 5.74) is 5.50. The smallest absolute Gasteiger partial charge is 0.320 e. The Balaban J connectivity index is 2.28. The van der Waals surface area contributed by atoms with Crippen molar-refractivity contribution >= 4 is 5.97 Å². The first-order chi connectivity index (χ1) is 8.08. The molecule has 0 amide bonds. The summed E-state index contributed by atoms with van der Waals surface area (Å²) in [5.74, 6) is -0.899. The molecule has 0 bridgehead atoms. The Bertz CT molecular complexity index is 244. The zero-order valence-corrected chi connectivity index (χ0v) is 10.9. The van der Waals surface area contributed by atoms with Gasteiger partial charge in [-0.15, -0.1) is 0 Å². The molecule has 2 atom stereocenters. The molecule has 17 heavy (non-hydrogen) atoms. The molecule has 100 valence electrons. The molecule has 0 aromatic heterocycles. The minimum atomic E-state index is -0.899. The average molecular weight is 243 g/mol. The fraction of sp³-hybridized carbons (Fsp3) is 0.917. The van der Waals surface area contributed by atoms with Crippen LogP contribution in [0.25, 0.3) is 0 Å². The first kappa shape index (κ1) is 14.4. The number of carboxylic acid groups (broad SMARTS) is 1. The van der Waals surface area contributed by atoms with E-state index in [0.29, 0.717) is 12.5 Å². The molecule has 1 aliphatic heterocycles. The summed E-state index contributed by atoms with van der Waals surface area (Å²) in [7, 11) is 0. The van der Waals surface area contributed by atoms with Gasteiger partial charge in [0, 0.05) is 19.1 Å². The van der Waals surface area contributed by atoms with Crippen LogP contribution in [0.5, 0.6) is 0 Å². The summed E-state index contributed by atoms with van der Waals surface area (Å²) in [5, 5.41) is 8.72. The lowest BCUT2D eigenvalue weighted by atomic mass is 10.2. The van der Waals surface area contributed by atoms with Crippen LogP contribution in [-0.2, 0) is 4.79 Å². The molecule has 0 aromatic rings. The molecule has 5 nitrogen and oxygen atoms in total. The molecule has 0 spiro atoms. The van der Waals surface area contributed by atoms with Crippen molar-refractivity contribution in [2.24, 2.45) is 5.73 Å². The number of likely N-dealkylation sites (tertiary alicyclic amines) is 1. The Hall–Kier alpha value is -0.650. The molecule has 3 N–H and O–H groups in total. The predicted octanol–water partition coefficient (Wildman–Crippen LogP) is 0.205. The monoisotopic (exact) mass is 243 g/mol. The van der Waals surface area contributed by atoms with Crippen molar-refractivity contribution in [1.82, 2.24) is 9.80 Å². The molecule has 1 heterocycles. The highest BCUT2D eigenvalue weighted by atomic mass is 16.4. The van der Waals surface area contributed by atoms with E-state index in [-0.39, 0.29) is 0 Å². The van der Waals surface area contributed by atoms with Crippen LogP contribution in [-0.4, -0.2) is 65.7 Å². The molecule has 0 aliphatic carbocycles. The van der Waals surface area contributed by atoms with Crippen molar-refractivity contribution < 1.29 is 9.90 Å². The van der Waals surface area contributed by atoms with Gasteiger partial charge in [-0.1, -0.05) is 13.8 Å².